The molecule has 0 unspecified atom stereocenters. The smallest absolute Gasteiger partial charge is 0.253 e. The topological polar surface area (TPSA) is 82.9 Å². The lowest BCUT2D eigenvalue weighted by Crippen LogP contribution is -2.49. The predicted octanol–water partition coefficient (Wildman–Crippen LogP) is 4.90. The minimum Gasteiger partial charge on any atom is -0.369 e. The summed E-state index contributed by atoms with van der Waals surface area (Å²) in [6.45, 7) is 12.5. The molecule has 0 amide bonds. The normalized spacial score (nSPS) is 15.0. The Morgan fingerprint density at radius 3 is 2.39 bits per heavy atom. The van der Waals surface area contributed by atoms with Crippen LogP contribution in [0.2, 0.25) is 0 Å². The van der Waals surface area contributed by atoms with Gasteiger partial charge in [0.05, 0.1) is 0 Å². The molecule has 8 heteroatoms. The fourth-order valence-electron chi connectivity index (χ4n) is 5.94. The van der Waals surface area contributed by atoms with Crippen LogP contribution in [0.25, 0.3) is 10.9 Å². The second kappa shape index (κ2) is 11.3. The van der Waals surface area contributed by atoms with Crippen LogP contribution in [0.15, 0.2) is 71.5 Å². The van der Waals surface area contributed by atoms with Crippen molar-refractivity contribution in [2.24, 2.45) is 0 Å². The van der Waals surface area contributed by atoms with Gasteiger partial charge in [-0.25, -0.2) is 4.68 Å². The molecule has 3 aromatic carbocycles. The fourth-order valence-corrected chi connectivity index (χ4v) is 5.94. The highest BCUT2D eigenvalue weighted by molar-refractivity contribution is 5.81. The Bertz CT molecular complexity index is 1730. The van der Waals surface area contributed by atoms with E-state index < -0.39 is 0 Å². The molecule has 0 saturated carbocycles. The third-order valence-corrected chi connectivity index (χ3v) is 8.64. The molecule has 1 aliphatic rings. The summed E-state index contributed by atoms with van der Waals surface area (Å²) < 4.78 is 1.87. The molecule has 2 aromatic heterocycles. The van der Waals surface area contributed by atoms with Gasteiger partial charge in [-0.2, -0.15) is 0 Å². The van der Waals surface area contributed by atoms with E-state index in [-0.39, 0.29) is 11.6 Å². The second-order valence-corrected chi connectivity index (χ2v) is 11.2. The Balaban J connectivity index is 1.37. The number of benzene rings is 3. The Hall–Kier alpha value is -4.30. The van der Waals surface area contributed by atoms with Gasteiger partial charge < -0.3 is 9.88 Å². The number of H-pyrrole nitrogens is 1. The van der Waals surface area contributed by atoms with E-state index in [2.05, 4.69) is 100 Å². The van der Waals surface area contributed by atoms with Gasteiger partial charge in [-0.3, -0.25) is 9.69 Å². The van der Waals surface area contributed by atoms with Gasteiger partial charge in [0.15, 0.2) is 5.82 Å². The van der Waals surface area contributed by atoms with E-state index in [1.54, 1.807) is 0 Å². The van der Waals surface area contributed by atoms with Crippen LogP contribution in [0.3, 0.4) is 0 Å². The molecular weight excluding hydrogens is 510 g/mol. The second-order valence-electron chi connectivity index (χ2n) is 11.2. The largest absolute Gasteiger partial charge is 0.369 e. The maximum Gasteiger partial charge on any atom is 0.253 e. The molecule has 0 aliphatic carbocycles. The molecule has 0 bridgehead atoms. The SMILES string of the molecule is Cc1cc2cc([C@H](c3nnnn3CCc3ccccc3)N3CCN(c4cccc(C)c4C)CC3)c(=O)[nH]c2cc1C. The molecule has 6 rings (SSSR count). The van der Waals surface area contributed by atoms with Crippen LogP contribution in [0.4, 0.5) is 5.69 Å². The number of aromatic nitrogens is 5. The molecule has 5 aromatic rings. The molecule has 41 heavy (non-hydrogen) atoms. The summed E-state index contributed by atoms with van der Waals surface area (Å²) >= 11 is 0. The zero-order chi connectivity index (χ0) is 28.5. The van der Waals surface area contributed by atoms with Gasteiger partial charge in [-0.1, -0.05) is 42.5 Å². The van der Waals surface area contributed by atoms with Crippen molar-refractivity contribution in [3.05, 3.63) is 116 Å². The van der Waals surface area contributed by atoms with Crippen LogP contribution < -0.4 is 10.5 Å². The summed E-state index contributed by atoms with van der Waals surface area (Å²) in [6.07, 6.45) is 0.804. The minimum atomic E-state index is -0.365. The number of aryl methyl sites for hydroxylation is 5. The van der Waals surface area contributed by atoms with Crippen molar-refractivity contribution in [1.29, 1.82) is 0 Å². The molecule has 0 spiro atoms. The van der Waals surface area contributed by atoms with Crippen LogP contribution in [0, 0.1) is 27.7 Å². The highest BCUT2D eigenvalue weighted by Crippen LogP contribution is 2.31. The summed E-state index contributed by atoms with van der Waals surface area (Å²) in [5.41, 5.74) is 8.91. The van der Waals surface area contributed by atoms with Crippen LogP contribution in [-0.2, 0) is 13.0 Å². The van der Waals surface area contributed by atoms with Gasteiger partial charge in [0.2, 0.25) is 0 Å². The fraction of sp³-hybridized carbons (Fsp3) is 0.333. The number of nitrogens with one attached hydrogen (secondary N) is 1. The number of fused-ring (bicyclic) bond motifs is 1. The zero-order valence-corrected chi connectivity index (χ0v) is 24.3. The van der Waals surface area contributed by atoms with E-state index in [0.29, 0.717) is 17.9 Å². The van der Waals surface area contributed by atoms with Crippen molar-refractivity contribution in [2.45, 2.75) is 46.7 Å². The average Bonchev–Trinajstić information content (AvgIpc) is 3.44. The monoisotopic (exact) mass is 547 g/mol. The van der Waals surface area contributed by atoms with Crippen molar-refractivity contribution in [3.8, 4) is 0 Å². The molecule has 3 heterocycles. The van der Waals surface area contributed by atoms with Gasteiger partial charge in [-0.05, 0) is 102 Å². The Labute approximate surface area is 240 Å². The first-order valence-electron chi connectivity index (χ1n) is 14.4. The molecule has 1 aliphatic heterocycles. The first-order chi connectivity index (χ1) is 19.9. The van der Waals surface area contributed by atoms with E-state index >= 15 is 0 Å². The molecule has 1 fully saturated rings. The molecule has 210 valence electrons. The van der Waals surface area contributed by atoms with Gasteiger partial charge in [0, 0.05) is 49.5 Å². The standard InChI is InChI=1S/C33H37N7O/c1-22-9-8-12-30(25(22)4)38-15-17-39(18-16-38)31(28-21-27-19-23(2)24(3)20-29(27)34-33(28)41)32-35-36-37-40(32)14-13-26-10-6-5-7-11-26/h5-12,19-21,31H,13-18H2,1-4H3,(H,34,41)/t31-/m1/s1. The Morgan fingerprint density at radius 2 is 1.61 bits per heavy atom. The molecule has 1 N–H and O–H groups in total. The molecule has 1 atom stereocenters. The van der Waals surface area contributed by atoms with E-state index in [1.807, 2.05) is 28.9 Å². The molecule has 8 nitrogen and oxygen atoms in total. The minimum absolute atomic E-state index is 0.0969. The summed E-state index contributed by atoms with van der Waals surface area (Å²) in [5.74, 6) is 0.704. The third kappa shape index (κ3) is 5.39. The summed E-state index contributed by atoms with van der Waals surface area (Å²) in [4.78, 5) is 21.7. The molecule has 0 radical (unpaired) electrons. The quantitative estimate of drug-likeness (QED) is 0.312. The number of tetrazole rings is 1. The van der Waals surface area contributed by atoms with E-state index in [9.17, 15) is 4.79 Å². The average molecular weight is 548 g/mol. The number of nitrogens with zero attached hydrogens (tertiary/aromatic N) is 6. The van der Waals surface area contributed by atoms with Crippen molar-refractivity contribution in [1.82, 2.24) is 30.1 Å². The maximum atomic E-state index is 13.7. The number of anilines is 1. The number of rotatable bonds is 7. The number of piperazine rings is 1. The molecule has 1 saturated heterocycles. The Kier molecular flexibility index (Phi) is 7.41. The molecular formula is C33H37N7O. The van der Waals surface area contributed by atoms with Crippen molar-refractivity contribution in [2.75, 3.05) is 31.1 Å². The van der Waals surface area contributed by atoms with Crippen molar-refractivity contribution < 1.29 is 0 Å². The maximum absolute atomic E-state index is 13.7. The third-order valence-electron chi connectivity index (χ3n) is 8.64. The number of hydrogen-bond donors (Lipinski definition) is 1. The zero-order valence-electron chi connectivity index (χ0n) is 24.3. The van der Waals surface area contributed by atoms with Gasteiger partial charge in [0.25, 0.3) is 5.56 Å². The van der Waals surface area contributed by atoms with Crippen LogP contribution in [0.5, 0.6) is 0 Å². The Morgan fingerprint density at radius 1 is 0.854 bits per heavy atom. The van der Waals surface area contributed by atoms with E-state index in [0.717, 1.165) is 49.1 Å². The summed E-state index contributed by atoms with van der Waals surface area (Å²) in [6, 6.07) is 22.7. The van der Waals surface area contributed by atoms with Crippen molar-refractivity contribution >= 4 is 16.6 Å². The van der Waals surface area contributed by atoms with E-state index in [4.69, 9.17) is 0 Å². The van der Waals surface area contributed by atoms with E-state index in [1.165, 1.54) is 27.9 Å². The first kappa shape index (κ1) is 26.9. The van der Waals surface area contributed by atoms with Gasteiger partial charge in [-0.15, -0.1) is 5.10 Å². The van der Waals surface area contributed by atoms with Crippen LogP contribution in [-0.4, -0.2) is 56.3 Å². The number of pyridine rings is 1. The number of aromatic amines is 1. The highest BCUT2D eigenvalue weighted by atomic mass is 16.1. The number of hydrogen-bond acceptors (Lipinski definition) is 6. The van der Waals surface area contributed by atoms with Crippen molar-refractivity contribution in [3.63, 3.8) is 0 Å². The lowest BCUT2D eigenvalue weighted by atomic mass is 10.00. The van der Waals surface area contributed by atoms with Crippen LogP contribution in [0.1, 0.15) is 45.2 Å². The first-order valence-corrected chi connectivity index (χ1v) is 14.4. The summed E-state index contributed by atoms with van der Waals surface area (Å²) in [7, 11) is 0. The van der Waals surface area contributed by atoms with Gasteiger partial charge in [0.1, 0.15) is 6.04 Å². The lowest BCUT2D eigenvalue weighted by molar-refractivity contribution is 0.199. The van der Waals surface area contributed by atoms with Crippen LogP contribution >= 0.6 is 0 Å². The summed E-state index contributed by atoms with van der Waals surface area (Å²) in [5, 5.41) is 14.0. The lowest BCUT2D eigenvalue weighted by Gasteiger charge is -2.40. The highest BCUT2D eigenvalue weighted by Gasteiger charge is 2.33. The van der Waals surface area contributed by atoms with Gasteiger partial charge >= 0.3 is 0 Å². The predicted molar refractivity (Wildman–Crippen MR) is 164 cm³/mol.